The number of alkyl halides is 3. The Bertz CT molecular complexity index is 764. The molecule has 0 aromatic heterocycles. The number of nitrogens with one attached hydrogen (secondary N) is 1. The first kappa shape index (κ1) is 19.8. The molecule has 3 nitrogen and oxygen atoms in total. The summed E-state index contributed by atoms with van der Waals surface area (Å²) in [7, 11) is 0. The van der Waals surface area contributed by atoms with Crippen LogP contribution >= 0.6 is 0 Å². The van der Waals surface area contributed by atoms with Crippen LogP contribution in [0.3, 0.4) is 0 Å². The summed E-state index contributed by atoms with van der Waals surface area (Å²) in [5.41, 5.74) is 0.485. The molecule has 0 saturated heterocycles. The smallest absolute Gasteiger partial charge is 0.416 e. The summed E-state index contributed by atoms with van der Waals surface area (Å²) < 4.78 is 43.7. The van der Waals surface area contributed by atoms with Crippen LogP contribution in [0.15, 0.2) is 48.5 Å². The van der Waals surface area contributed by atoms with Crippen molar-refractivity contribution in [2.75, 3.05) is 6.61 Å². The monoisotopic (exact) mass is 365 g/mol. The number of benzene rings is 2. The fraction of sp³-hybridized carbons (Fsp3) is 0.350. The van der Waals surface area contributed by atoms with E-state index in [1.54, 1.807) is 6.07 Å². The fourth-order valence-corrected chi connectivity index (χ4v) is 2.46. The summed E-state index contributed by atoms with van der Waals surface area (Å²) in [5, 5.41) is 2.57. The molecule has 0 aliphatic rings. The van der Waals surface area contributed by atoms with Crippen LogP contribution in [0.2, 0.25) is 0 Å². The molecule has 2 rings (SSSR count). The van der Waals surface area contributed by atoms with E-state index >= 15 is 0 Å². The molecule has 0 aliphatic heterocycles. The Labute approximate surface area is 151 Å². The van der Waals surface area contributed by atoms with Crippen LogP contribution in [0.1, 0.15) is 37.5 Å². The number of halogens is 3. The lowest BCUT2D eigenvalue weighted by molar-refractivity contribution is -0.137. The maximum Gasteiger partial charge on any atom is 0.416 e. The molecule has 1 amide bonds. The van der Waals surface area contributed by atoms with Gasteiger partial charge in [-0.25, -0.2) is 0 Å². The zero-order valence-corrected chi connectivity index (χ0v) is 15.0. The second-order valence-corrected chi connectivity index (χ2v) is 7.01. The second-order valence-electron chi connectivity index (χ2n) is 7.01. The Hall–Kier alpha value is -2.50. The van der Waals surface area contributed by atoms with Gasteiger partial charge in [0.25, 0.3) is 5.91 Å². The van der Waals surface area contributed by atoms with E-state index in [-0.39, 0.29) is 18.6 Å². The van der Waals surface area contributed by atoms with Crippen LogP contribution in [0.25, 0.3) is 0 Å². The van der Waals surface area contributed by atoms with Crippen LogP contribution in [0, 0.1) is 0 Å². The summed E-state index contributed by atoms with van der Waals surface area (Å²) in [5.74, 6) is 0.223. The molecule has 0 bridgehead atoms. The molecule has 0 spiro atoms. The van der Waals surface area contributed by atoms with E-state index in [4.69, 9.17) is 4.74 Å². The highest BCUT2D eigenvalue weighted by Gasteiger charge is 2.30. The van der Waals surface area contributed by atoms with Crippen LogP contribution in [-0.2, 0) is 22.9 Å². The SMILES string of the molecule is CC(C)(C)c1ccccc1OCC(=O)NCc1cccc(C(F)(F)F)c1. The number of para-hydroxylation sites is 1. The predicted octanol–water partition coefficient (Wildman–Crippen LogP) is 4.70. The first-order valence-corrected chi connectivity index (χ1v) is 8.22. The Balaban J connectivity index is 1.93. The van der Waals surface area contributed by atoms with E-state index in [9.17, 15) is 18.0 Å². The Morgan fingerprint density at radius 1 is 1.04 bits per heavy atom. The van der Waals surface area contributed by atoms with Gasteiger partial charge in [-0.1, -0.05) is 51.1 Å². The van der Waals surface area contributed by atoms with E-state index in [0.29, 0.717) is 11.3 Å². The molecular formula is C20H22F3NO2. The molecule has 0 unspecified atom stereocenters. The summed E-state index contributed by atoms with van der Waals surface area (Å²) in [6.45, 7) is 5.94. The Morgan fingerprint density at radius 3 is 2.38 bits per heavy atom. The van der Waals surface area contributed by atoms with Crippen molar-refractivity contribution in [3.63, 3.8) is 0 Å². The highest BCUT2D eigenvalue weighted by molar-refractivity contribution is 5.77. The first-order valence-electron chi connectivity index (χ1n) is 8.22. The normalized spacial score (nSPS) is 11.9. The minimum absolute atomic E-state index is 0.00698. The van der Waals surface area contributed by atoms with E-state index in [0.717, 1.165) is 17.7 Å². The zero-order valence-electron chi connectivity index (χ0n) is 15.0. The van der Waals surface area contributed by atoms with Crippen molar-refractivity contribution in [3.8, 4) is 5.75 Å². The molecular weight excluding hydrogens is 343 g/mol. The van der Waals surface area contributed by atoms with Crippen LogP contribution in [-0.4, -0.2) is 12.5 Å². The standard InChI is InChI=1S/C20H22F3NO2/c1-19(2,3)16-9-4-5-10-17(16)26-13-18(25)24-12-14-7-6-8-15(11-14)20(21,22)23/h4-11H,12-13H2,1-3H3,(H,24,25). The largest absolute Gasteiger partial charge is 0.483 e. The number of ether oxygens (including phenoxy) is 1. The number of hydrogen-bond acceptors (Lipinski definition) is 2. The molecule has 0 radical (unpaired) electrons. The van der Waals surface area contributed by atoms with E-state index in [1.807, 2.05) is 39.0 Å². The van der Waals surface area contributed by atoms with Crippen molar-refractivity contribution >= 4 is 5.91 Å². The topological polar surface area (TPSA) is 38.3 Å². The van der Waals surface area contributed by atoms with Gasteiger partial charge in [0.05, 0.1) is 5.56 Å². The van der Waals surface area contributed by atoms with E-state index in [2.05, 4.69) is 5.32 Å². The molecule has 26 heavy (non-hydrogen) atoms. The number of carbonyl (C=O) groups is 1. The van der Waals surface area contributed by atoms with Crippen LogP contribution in [0.5, 0.6) is 5.75 Å². The van der Waals surface area contributed by atoms with Crippen molar-refractivity contribution in [2.24, 2.45) is 0 Å². The molecule has 2 aromatic rings. The van der Waals surface area contributed by atoms with Gasteiger partial charge in [0.2, 0.25) is 0 Å². The Kier molecular flexibility index (Phi) is 5.95. The lowest BCUT2D eigenvalue weighted by Gasteiger charge is -2.22. The van der Waals surface area contributed by atoms with E-state index in [1.165, 1.54) is 12.1 Å². The van der Waals surface area contributed by atoms with Gasteiger partial charge in [0.1, 0.15) is 5.75 Å². The highest BCUT2D eigenvalue weighted by atomic mass is 19.4. The fourth-order valence-electron chi connectivity index (χ4n) is 2.46. The number of rotatable bonds is 5. The molecule has 140 valence electrons. The van der Waals surface area contributed by atoms with E-state index < -0.39 is 17.6 Å². The average Bonchev–Trinajstić information content (AvgIpc) is 2.57. The first-order chi connectivity index (χ1) is 12.1. The molecule has 0 atom stereocenters. The maximum atomic E-state index is 12.7. The van der Waals surface area contributed by atoms with Crippen molar-refractivity contribution < 1.29 is 22.7 Å². The molecule has 6 heteroatoms. The summed E-state index contributed by atoms with van der Waals surface area (Å²) >= 11 is 0. The third-order valence-corrected chi connectivity index (χ3v) is 3.80. The van der Waals surface area contributed by atoms with Gasteiger partial charge in [-0.3, -0.25) is 4.79 Å². The van der Waals surface area contributed by atoms with Gasteiger partial charge < -0.3 is 10.1 Å². The summed E-state index contributed by atoms with van der Waals surface area (Å²) in [4.78, 5) is 12.0. The van der Waals surface area contributed by atoms with Crippen molar-refractivity contribution in [2.45, 2.75) is 38.9 Å². The third kappa shape index (κ3) is 5.51. The van der Waals surface area contributed by atoms with Gasteiger partial charge in [0, 0.05) is 6.54 Å². The number of carbonyl (C=O) groups excluding carboxylic acids is 1. The van der Waals surface area contributed by atoms with Crippen LogP contribution < -0.4 is 10.1 Å². The molecule has 0 saturated carbocycles. The van der Waals surface area contributed by atoms with Gasteiger partial charge in [0.15, 0.2) is 6.61 Å². The van der Waals surface area contributed by atoms with Gasteiger partial charge in [-0.05, 0) is 34.7 Å². The van der Waals surface area contributed by atoms with Crippen molar-refractivity contribution in [3.05, 3.63) is 65.2 Å². The summed E-state index contributed by atoms with van der Waals surface area (Å²) in [6, 6.07) is 12.3. The van der Waals surface area contributed by atoms with Gasteiger partial charge in [-0.2, -0.15) is 13.2 Å². The lowest BCUT2D eigenvalue weighted by atomic mass is 9.86. The molecule has 0 fully saturated rings. The average molecular weight is 365 g/mol. The molecule has 0 heterocycles. The van der Waals surface area contributed by atoms with Crippen molar-refractivity contribution in [1.29, 1.82) is 0 Å². The minimum atomic E-state index is -4.40. The maximum absolute atomic E-state index is 12.7. The number of amides is 1. The minimum Gasteiger partial charge on any atom is -0.483 e. The zero-order chi connectivity index (χ0) is 19.4. The molecule has 1 N–H and O–H groups in total. The van der Waals surface area contributed by atoms with Gasteiger partial charge >= 0.3 is 6.18 Å². The quantitative estimate of drug-likeness (QED) is 0.834. The molecule has 2 aromatic carbocycles. The highest BCUT2D eigenvalue weighted by Crippen LogP contribution is 2.31. The number of hydrogen-bond donors (Lipinski definition) is 1. The van der Waals surface area contributed by atoms with Crippen LogP contribution in [0.4, 0.5) is 13.2 Å². The van der Waals surface area contributed by atoms with Gasteiger partial charge in [-0.15, -0.1) is 0 Å². The molecule has 0 aliphatic carbocycles. The predicted molar refractivity (Wildman–Crippen MR) is 93.9 cm³/mol. The van der Waals surface area contributed by atoms with Crippen molar-refractivity contribution in [1.82, 2.24) is 5.32 Å². The Morgan fingerprint density at radius 2 is 1.73 bits per heavy atom. The summed E-state index contributed by atoms with van der Waals surface area (Å²) in [6.07, 6.45) is -4.40. The third-order valence-electron chi connectivity index (χ3n) is 3.80. The second kappa shape index (κ2) is 7.81. The lowest BCUT2D eigenvalue weighted by Crippen LogP contribution is -2.29.